The van der Waals surface area contributed by atoms with Crippen LogP contribution in [0.25, 0.3) is 10.9 Å². The molecule has 1 heterocycles. The molecule has 0 aliphatic carbocycles. The Labute approximate surface area is 196 Å². The number of amides is 2. The van der Waals surface area contributed by atoms with Crippen LogP contribution in [0, 0.1) is 0 Å². The van der Waals surface area contributed by atoms with Crippen molar-refractivity contribution in [3.63, 3.8) is 0 Å². The van der Waals surface area contributed by atoms with Crippen LogP contribution in [0.1, 0.15) is 5.56 Å². The number of carbonyl (C=O) groups excluding carboxylic acids is 1. The molecule has 0 unspecified atom stereocenters. The lowest BCUT2D eigenvalue weighted by Gasteiger charge is -2.16. The third kappa shape index (κ3) is 4.81. The van der Waals surface area contributed by atoms with E-state index in [0.717, 1.165) is 16.3 Å². The van der Waals surface area contributed by atoms with E-state index >= 15 is 0 Å². The van der Waals surface area contributed by atoms with Crippen molar-refractivity contribution in [1.82, 2.24) is 15.4 Å². The second-order valence-corrected chi connectivity index (χ2v) is 9.34. The molecule has 0 aliphatic rings. The molecule has 4 aromatic rings. The van der Waals surface area contributed by atoms with Crippen LogP contribution in [0.15, 0.2) is 88.9 Å². The van der Waals surface area contributed by atoms with Gasteiger partial charge in [-0.05, 0) is 54.4 Å². The topological polar surface area (TPSA) is 156 Å². The van der Waals surface area contributed by atoms with E-state index in [1.807, 2.05) is 23.6 Å². The minimum Gasteiger partial charge on any atom is -0.385 e. The van der Waals surface area contributed by atoms with Gasteiger partial charge >= 0.3 is 6.03 Å². The number of hydrogen-bond donors (Lipinski definition) is 4. The first-order chi connectivity index (χ1) is 16.4. The summed E-state index contributed by atoms with van der Waals surface area (Å²) >= 11 is 0. The average molecular weight is 478 g/mol. The Morgan fingerprint density at radius 2 is 1.65 bits per heavy atom. The highest BCUT2D eigenvalue weighted by molar-refractivity contribution is 7.91. The predicted octanol–water partition coefficient (Wildman–Crippen LogP) is 2.38. The van der Waals surface area contributed by atoms with Crippen LogP contribution in [0.3, 0.4) is 0 Å². The van der Waals surface area contributed by atoms with Gasteiger partial charge < -0.3 is 5.32 Å². The van der Waals surface area contributed by atoms with Gasteiger partial charge in [0, 0.05) is 17.6 Å². The van der Waals surface area contributed by atoms with Gasteiger partial charge in [-0.3, -0.25) is 5.43 Å². The van der Waals surface area contributed by atoms with Crippen molar-refractivity contribution >= 4 is 38.3 Å². The highest BCUT2D eigenvalue weighted by atomic mass is 32.2. The summed E-state index contributed by atoms with van der Waals surface area (Å²) < 4.78 is 25.4. The zero-order valence-corrected chi connectivity index (χ0v) is 18.9. The molecule has 10 nitrogen and oxygen atoms in total. The molecule has 0 saturated carbocycles. The molecule has 0 fully saturated rings. The summed E-state index contributed by atoms with van der Waals surface area (Å²) in [7, 11) is -3.54. The fourth-order valence-corrected chi connectivity index (χ4v) is 4.71. The molecule has 2 amide bonds. The van der Waals surface area contributed by atoms with Gasteiger partial charge in [0.05, 0.1) is 15.3 Å². The Hall–Kier alpha value is -4.06. The predicted molar refractivity (Wildman–Crippen MR) is 129 cm³/mol. The molecule has 11 heteroatoms. The molecule has 0 aliphatic heterocycles. The maximum atomic E-state index is 12.7. The molecule has 0 spiro atoms. The molecule has 0 saturated heterocycles. The van der Waals surface area contributed by atoms with E-state index in [1.165, 1.54) is 6.33 Å². The Balaban J connectivity index is 1.44. The number of rotatable bonds is 7. The number of fused-ring (bicyclic) bond motifs is 1. The number of nitrogens with one attached hydrogen (secondary N) is 2. The molecule has 0 radical (unpaired) electrons. The summed E-state index contributed by atoms with van der Waals surface area (Å²) in [5, 5.41) is 4.70. The third-order valence-electron chi connectivity index (χ3n) is 5.21. The number of nitrogens with two attached hydrogens (primary N) is 2. The van der Waals surface area contributed by atoms with Crippen molar-refractivity contribution in [2.24, 2.45) is 11.7 Å². The van der Waals surface area contributed by atoms with E-state index in [0.29, 0.717) is 23.9 Å². The Morgan fingerprint density at radius 3 is 2.35 bits per heavy atom. The molecule has 3 aromatic carbocycles. The fraction of sp³-hybridized carbons (Fsp3) is 0.0870. The minimum absolute atomic E-state index is 0.215. The fourth-order valence-electron chi connectivity index (χ4n) is 3.43. The number of aromatic nitrogens is 2. The maximum absolute atomic E-state index is 12.7. The molecule has 34 heavy (non-hydrogen) atoms. The van der Waals surface area contributed by atoms with Crippen LogP contribution in [0.5, 0.6) is 0 Å². The van der Waals surface area contributed by atoms with E-state index in [2.05, 4.69) is 15.3 Å². The molecule has 0 bridgehead atoms. The first-order valence-corrected chi connectivity index (χ1v) is 11.8. The summed E-state index contributed by atoms with van der Waals surface area (Å²) in [6, 6.07) is 19.9. The monoisotopic (exact) mass is 477 g/mol. The second-order valence-electron chi connectivity index (χ2n) is 7.39. The molecular weight excluding hydrogens is 454 g/mol. The van der Waals surface area contributed by atoms with E-state index in [1.54, 1.807) is 54.6 Å². The normalized spacial score (nSPS) is 11.2. The summed E-state index contributed by atoms with van der Waals surface area (Å²) in [6.45, 7) is 0.592. The zero-order chi connectivity index (χ0) is 24.1. The SMILES string of the molecule is NNC(=O)N(N)c1ncnc2ccc(NCCc3ccc(S(=O)(=O)c4ccccc4)cc3)cc12. The molecule has 1 aromatic heterocycles. The van der Waals surface area contributed by atoms with Crippen LogP contribution in [0.4, 0.5) is 16.3 Å². The van der Waals surface area contributed by atoms with Gasteiger partial charge in [-0.15, -0.1) is 0 Å². The number of urea groups is 1. The smallest absolute Gasteiger partial charge is 0.351 e. The lowest BCUT2D eigenvalue weighted by Crippen LogP contribution is -2.48. The molecular formula is C23H23N7O3S. The number of hydrogen-bond acceptors (Lipinski definition) is 8. The molecule has 0 atom stereocenters. The average Bonchev–Trinajstić information content (AvgIpc) is 2.88. The van der Waals surface area contributed by atoms with E-state index in [-0.39, 0.29) is 15.6 Å². The van der Waals surface area contributed by atoms with Crippen molar-refractivity contribution in [3.8, 4) is 0 Å². The quantitative estimate of drug-likeness (QED) is 0.180. The third-order valence-corrected chi connectivity index (χ3v) is 7.00. The van der Waals surface area contributed by atoms with Crippen LogP contribution < -0.4 is 27.4 Å². The number of benzene rings is 3. The zero-order valence-electron chi connectivity index (χ0n) is 18.0. The lowest BCUT2D eigenvalue weighted by molar-refractivity contribution is 0.246. The van der Waals surface area contributed by atoms with Crippen LogP contribution in [-0.2, 0) is 16.3 Å². The number of sulfone groups is 1. The summed E-state index contributed by atoms with van der Waals surface area (Å²) in [5.74, 6) is 11.2. The van der Waals surface area contributed by atoms with Gasteiger partial charge in [0.15, 0.2) is 5.82 Å². The van der Waals surface area contributed by atoms with Gasteiger partial charge in [0.1, 0.15) is 6.33 Å². The lowest BCUT2D eigenvalue weighted by atomic mass is 10.1. The Morgan fingerprint density at radius 1 is 0.941 bits per heavy atom. The van der Waals surface area contributed by atoms with Crippen molar-refractivity contribution in [2.45, 2.75) is 16.2 Å². The van der Waals surface area contributed by atoms with Crippen molar-refractivity contribution in [2.75, 3.05) is 16.9 Å². The molecule has 174 valence electrons. The van der Waals surface area contributed by atoms with Crippen molar-refractivity contribution in [1.29, 1.82) is 0 Å². The summed E-state index contributed by atoms with van der Waals surface area (Å²) in [5.41, 5.74) is 4.35. The van der Waals surface area contributed by atoms with Gasteiger partial charge in [0.25, 0.3) is 0 Å². The first-order valence-electron chi connectivity index (χ1n) is 10.3. The largest absolute Gasteiger partial charge is 0.385 e. The van der Waals surface area contributed by atoms with E-state index in [9.17, 15) is 13.2 Å². The minimum atomic E-state index is -3.54. The number of carbonyl (C=O) groups is 1. The van der Waals surface area contributed by atoms with E-state index in [4.69, 9.17) is 11.7 Å². The van der Waals surface area contributed by atoms with Crippen molar-refractivity contribution in [3.05, 3.63) is 84.7 Å². The van der Waals surface area contributed by atoms with Gasteiger partial charge in [-0.25, -0.2) is 39.9 Å². The van der Waals surface area contributed by atoms with Gasteiger partial charge in [-0.2, -0.15) is 0 Å². The maximum Gasteiger partial charge on any atom is 0.351 e. The Kier molecular flexibility index (Phi) is 6.68. The summed E-state index contributed by atoms with van der Waals surface area (Å²) in [6.07, 6.45) is 1.98. The standard InChI is InChI=1S/C23H23N7O3S/c24-29-23(31)30(25)22-20-14-17(8-11-21(20)27-15-28-22)26-13-12-16-6-9-19(10-7-16)34(32,33)18-4-2-1-3-5-18/h1-11,14-15,26H,12-13,24-25H2,(H,29,31). The van der Waals surface area contributed by atoms with Crippen LogP contribution in [-0.4, -0.2) is 31.0 Å². The number of hydrazine groups is 2. The van der Waals surface area contributed by atoms with Gasteiger partial charge in [-0.1, -0.05) is 30.3 Å². The number of nitrogens with zero attached hydrogens (tertiary/aromatic N) is 3. The van der Waals surface area contributed by atoms with Gasteiger partial charge in [0.2, 0.25) is 9.84 Å². The van der Waals surface area contributed by atoms with Crippen LogP contribution >= 0.6 is 0 Å². The first kappa shape index (κ1) is 23.1. The molecule has 6 N–H and O–H groups in total. The van der Waals surface area contributed by atoms with Crippen LogP contribution in [0.2, 0.25) is 0 Å². The van der Waals surface area contributed by atoms with E-state index < -0.39 is 15.9 Å². The number of anilines is 2. The highest BCUT2D eigenvalue weighted by Gasteiger charge is 2.17. The highest BCUT2D eigenvalue weighted by Crippen LogP contribution is 2.25. The van der Waals surface area contributed by atoms with Crippen molar-refractivity contribution < 1.29 is 13.2 Å². The second kappa shape index (κ2) is 9.83. The Bertz CT molecular complexity index is 1410. The molecule has 4 rings (SSSR count). The summed E-state index contributed by atoms with van der Waals surface area (Å²) in [4.78, 5) is 20.6.